The van der Waals surface area contributed by atoms with Crippen molar-refractivity contribution >= 4 is 11.9 Å². The van der Waals surface area contributed by atoms with Gasteiger partial charge in [-0.2, -0.15) is 0 Å². The largest absolute Gasteiger partial charge is 0.469 e. The Kier molecular flexibility index (Phi) is 8.79. The average Bonchev–Trinajstić information content (AvgIpc) is 2.82. The fraction of sp³-hybridized carbons (Fsp3) is 0.765. The van der Waals surface area contributed by atoms with Gasteiger partial charge in [0.15, 0.2) is 0 Å². The van der Waals surface area contributed by atoms with Crippen LogP contribution in [-0.2, 0) is 19.1 Å². The van der Waals surface area contributed by atoms with Crippen LogP contribution in [0.25, 0.3) is 0 Å². The van der Waals surface area contributed by atoms with Gasteiger partial charge in [0.05, 0.1) is 19.4 Å². The van der Waals surface area contributed by atoms with Crippen molar-refractivity contribution in [3.8, 4) is 0 Å². The van der Waals surface area contributed by atoms with E-state index in [0.29, 0.717) is 6.42 Å². The minimum atomic E-state index is -0.336. The van der Waals surface area contributed by atoms with E-state index in [1.807, 2.05) is 6.08 Å². The maximum absolute atomic E-state index is 11.6. The Bertz CT molecular complexity index is 338. The third-order valence-corrected chi connectivity index (χ3v) is 3.99. The maximum atomic E-state index is 11.6. The van der Waals surface area contributed by atoms with Crippen LogP contribution in [0.1, 0.15) is 64.2 Å². The lowest BCUT2D eigenvalue weighted by atomic mass is 9.98. The number of esters is 2. The minimum absolute atomic E-state index is 0.00655. The summed E-state index contributed by atoms with van der Waals surface area (Å²) in [4.78, 5) is 22.8. The molecule has 1 fully saturated rings. The van der Waals surface area contributed by atoms with Gasteiger partial charge in [0.1, 0.15) is 6.10 Å². The molecule has 120 valence electrons. The number of ether oxygens (including phenoxy) is 2. The van der Waals surface area contributed by atoms with E-state index in [1.165, 1.54) is 39.2 Å². The van der Waals surface area contributed by atoms with Crippen LogP contribution in [0.15, 0.2) is 12.7 Å². The summed E-state index contributed by atoms with van der Waals surface area (Å²) in [5.41, 5.74) is 0. The van der Waals surface area contributed by atoms with E-state index in [-0.39, 0.29) is 30.4 Å². The molecule has 21 heavy (non-hydrogen) atoms. The summed E-state index contributed by atoms with van der Waals surface area (Å²) >= 11 is 0. The Labute approximate surface area is 127 Å². The highest BCUT2D eigenvalue weighted by atomic mass is 16.6. The van der Waals surface area contributed by atoms with Gasteiger partial charge in [-0.1, -0.05) is 31.8 Å². The van der Waals surface area contributed by atoms with Crippen LogP contribution < -0.4 is 0 Å². The lowest BCUT2D eigenvalue weighted by Crippen LogP contribution is -2.14. The van der Waals surface area contributed by atoms with Gasteiger partial charge in [-0.15, -0.1) is 6.58 Å². The highest BCUT2D eigenvalue weighted by Gasteiger charge is 2.35. The van der Waals surface area contributed by atoms with E-state index >= 15 is 0 Å². The number of hydrogen-bond acceptors (Lipinski definition) is 4. The zero-order valence-corrected chi connectivity index (χ0v) is 13.1. The highest BCUT2D eigenvalue weighted by Crippen LogP contribution is 2.27. The van der Waals surface area contributed by atoms with Crippen molar-refractivity contribution in [1.29, 1.82) is 0 Å². The molecule has 0 bridgehead atoms. The van der Waals surface area contributed by atoms with Crippen LogP contribution in [0.4, 0.5) is 0 Å². The molecule has 2 atom stereocenters. The molecule has 0 aromatic rings. The Hall–Kier alpha value is -1.32. The van der Waals surface area contributed by atoms with Crippen molar-refractivity contribution < 1.29 is 19.1 Å². The van der Waals surface area contributed by atoms with Crippen molar-refractivity contribution in [2.24, 2.45) is 5.92 Å². The number of hydrogen-bond donors (Lipinski definition) is 0. The molecule has 0 N–H and O–H groups in total. The molecule has 0 aliphatic carbocycles. The van der Waals surface area contributed by atoms with Crippen LogP contribution in [0, 0.1) is 5.92 Å². The molecule has 0 saturated carbocycles. The number of carbonyl (C=O) groups excluding carboxylic acids is 2. The third-order valence-electron chi connectivity index (χ3n) is 3.99. The lowest BCUT2D eigenvalue weighted by Gasteiger charge is -2.08. The fourth-order valence-electron chi connectivity index (χ4n) is 2.72. The molecule has 2 unspecified atom stereocenters. The van der Waals surface area contributed by atoms with Crippen LogP contribution in [-0.4, -0.2) is 25.2 Å². The van der Waals surface area contributed by atoms with Gasteiger partial charge in [-0.25, -0.2) is 0 Å². The summed E-state index contributed by atoms with van der Waals surface area (Å²) in [5, 5.41) is 0. The number of unbranched alkanes of at least 4 members (excludes halogenated alkanes) is 6. The normalized spacial score (nSPS) is 21.1. The lowest BCUT2D eigenvalue weighted by molar-refractivity contribution is -0.149. The van der Waals surface area contributed by atoms with Crippen LogP contribution >= 0.6 is 0 Å². The first-order valence-electron chi connectivity index (χ1n) is 8.05. The molecule has 1 heterocycles. The molecule has 1 aliphatic heterocycles. The van der Waals surface area contributed by atoms with Gasteiger partial charge in [0.2, 0.25) is 0 Å². The Morgan fingerprint density at radius 2 is 1.95 bits per heavy atom. The molecule has 4 heteroatoms. The van der Waals surface area contributed by atoms with E-state index in [4.69, 9.17) is 4.74 Å². The zero-order valence-electron chi connectivity index (χ0n) is 13.1. The number of cyclic esters (lactones) is 1. The molecule has 1 rings (SSSR count). The first kappa shape index (κ1) is 17.7. The molecular formula is C17H28O4. The summed E-state index contributed by atoms with van der Waals surface area (Å²) in [6.45, 7) is 3.72. The Morgan fingerprint density at radius 1 is 1.29 bits per heavy atom. The van der Waals surface area contributed by atoms with E-state index in [0.717, 1.165) is 19.3 Å². The van der Waals surface area contributed by atoms with Crippen molar-refractivity contribution in [2.45, 2.75) is 70.3 Å². The van der Waals surface area contributed by atoms with E-state index in [9.17, 15) is 9.59 Å². The van der Waals surface area contributed by atoms with E-state index in [2.05, 4.69) is 11.3 Å². The third kappa shape index (κ3) is 7.30. The van der Waals surface area contributed by atoms with Gasteiger partial charge < -0.3 is 9.47 Å². The van der Waals surface area contributed by atoms with Gasteiger partial charge in [0, 0.05) is 0 Å². The highest BCUT2D eigenvalue weighted by molar-refractivity contribution is 5.81. The van der Waals surface area contributed by atoms with Crippen molar-refractivity contribution in [3.05, 3.63) is 12.7 Å². The van der Waals surface area contributed by atoms with Gasteiger partial charge in [-0.05, 0) is 32.1 Å². The van der Waals surface area contributed by atoms with Crippen molar-refractivity contribution in [1.82, 2.24) is 0 Å². The van der Waals surface area contributed by atoms with Gasteiger partial charge in [0.25, 0.3) is 0 Å². The molecule has 4 nitrogen and oxygen atoms in total. The van der Waals surface area contributed by atoms with Crippen molar-refractivity contribution in [3.63, 3.8) is 0 Å². The monoisotopic (exact) mass is 296 g/mol. The molecule has 1 saturated heterocycles. The second-order valence-electron chi connectivity index (χ2n) is 5.76. The predicted octanol–water partition coefficient (Wildman–Crippen LogP) is 3.79. The number of rotatable bonds is 11. The number of methoxy groups -OCH3 is 1. The molecule has 0 aromatic heterocycles. The Balaban J connectivity index is 2.05. The fourth-order valence-corrected chi connectivity index (χ4v) is 2.72. The quantitative estimate of drug-likeness (QED) is 0.331. The van der Waals surface area contributed by atoms with E-state index < -0.39 is 0 Å². The predicted molar refractivity (Wildman–Crippen MR) is 81.8 cm³/mol. The van der Waals surface area contributed by atoms with Crippen LogP contribution in [0.2, 0.25) is 0 Å². The maximum Gasteiger partial charge on any atom is 0.309 e. The summed E-state index contributed by atoms with van der Waals surface area (Å²) in [7, 11) is 1.34. The smallest absolute Gasteiger partial charge is 0.309 e. The molecule has 0 radical (unpaired) electrons. The second kappa shape index (κ2) is 10.4. The first-order chi connectivity index (χ1) is 10.2. The molecule has 0 spiro atoms. The van der Waals surface area contributed by atoms with Gasteiger partial charge >= 0.3 is 11.9 Å². The second-order valence-corrected chi connectivity index (χ2v) is 5.76. The molecule has 0 aromatic carbocycles. The molecule has 1 aliphatic rings. The summed E-state index contributed by atoms with van der Waals surface area (Å²) < 4.78 is 9.92. The zero-order chi connectivity index (χ0) is 15.5. The number of carbonyl (C=O) groups is 2. The minimum Gasteiger partial charge on any atom is -0.469 e. The van der Waals surface area contributed by atoms with Crippen LogP contribution in [0.3, 0.4) is 0 Å². The van der Waals surface area contributed by atoms with Crippen molar-refractivity contribution in [2.75, 3.05) is 7.11 Å². The average molecular weight is 296 g/mol. The SMILES string of the molecule is C=CCCCCCCCCC1CC(CC(=O)OC)C(=O)O1. The first-order valence-corrected chi connectivity index (χ1v) is 8.05. The standard InChI is InChI=1S/C17H28O4/c1-3-4-5-6-7-8-9-10-11-15-12-14(17(19)21-15)13-16(18)20-2/h3,14-15H,1,4-13H2,2H3. The summed E-state index contributed by atoms with van der Waals surface area (Å²) in [6.07, 6.45) is 12.1. The van der Waals surface area contributed by atoms with E-state index in [1.54, 1.807) is 0 Å². The summed E-state index contributed by atoms with van der Waals surface area (Å²) in [5.74, 6) is -0.881. The summed E-state index contributed by atoms with van der Waals surface area (Å²) in [6, 6.07) is 0. The van der Waals surface area contributed by atoms with Crippen LogP contribution in [0.5, 0.6) is 0 Å². The van der Waals surface area contributed by atoms with Gasteiger partial charge in [-0.3, -0.25) is 9.59 Å². The Morgan fingerprint density at radius 3 is 2.62 bits per heavy atom. The number of allylic oxidation sites excluding steroid dienone is 1. The topological polar surface area (TPSA) is 52.6 Å². The molecule has 0 amide bonds. The molecular weight excluding hydrogens is 268 g/mol.